The lowest BCUT2D eigenvalue weighted by Crippen LogP contribution is -2.19. The summed E-state index contributed by atoms with van der Waals surface area (Å²) in [6.07, 6.45) is 0. The Hall–Kier alpha value is -1.79. The third kappa shape index (κ3) is 4.39. The van der Waals surface area contributed by atoms with Crippen LogP contribution in [0.3, 0.4) is 0 Å². The molecule has 1 N–H and O–H groups in total. The fourth-order valence-corrected chi connectivity index (χ4v) is 3.86. The molecule has 3 rings (SSSR count). The Bertz CT molecular complexity index is 808. The first-order valence-corrected chi connectivity index (χ1v) is 9.52. The van der Waals surface area contributed by atoms with Gasteiger partial charge in [0.2, 0.25) is 5.91 Å². The van der Waals surface area contributed by atoms with Gasteiger partial charge in [0.15, 0.2) is 0 Å². The molecule has 3 aromatic carbocycles. The number of para-hydroxylation sites is 1. The van der Waals surface area contributed by atoms with E-state index in [9.17, 15) is 4.79 Å². The highest BCUT2D eigenvalue weighted by molar-refractivity contribution is 14.1. The fraction of sp³-hybridized carbons (Fsp3) is 0.0500. The van der Waals surface area contributed by atoms with E-state index in [1.54, 1.807) is 11.8 Å². The number of benzene rings is 3. The van der Waals surface area contributed by atoms with Crippen molar-refractivity contribution in [2.75, 3.05) is 5.32 Å². The minimum atomic E-state index is -0.301. The summed E-state index contributed by atoms with van der Waals surface area (Å²) in [5.74, 6) is -0.0147. The van der Waals surface area contributed by atoms with E-state index in [1.807, 2.05) is 84.9 Å². The first-order valence-electron chi connectivity index (χ1n) is 7.56. The Kier molecular flexibility index (Phi) is 5.93. The number of thioether (sulfide) groups is 1. The molecule has 0 heterocycles. The van der Waals surface area contributed by atoms with Crippen LogP contribution in [0.1, 0.15) is 10.8 Å². The monoisotopic (exact) mass is 445 g/mol. The van der Waals surface area contributed by atoms with Gasteiger partial charge in [-0.1, -0.05) is 60.7 Å². The summed E-state index contributed by atoms with van der Waals surface area (Å²) in [6.45, 7) is 0. The van der Waals surface area contributed by atoms with E-state index in [2.05, 4.69) is 27.9 Å². The van der Waals surface area contributed by atoms with E-state index in [0.717, 1.165) is 19.7 Å². The SMILES string of the molecule is O=C(Nc1ccccc1I)C(Sc1ccccc1)c1ccccc1. The largest absolute Gasteiger partial charge is 0.324 e. The van der Waals surface area contributed by atoms with Crippen LogP contribution in [0.2, 0.25) is 0 Å². The van der Waals surface area contributed by atoms with Gasteiger partial charge in [0.1, 0.15) is 5.25 Å². The van der Waals surface area contributed by atoms with Gasteiger partial charge in [-0.2, -0.15) is 0 Å². The molecule has 0 radical (unpaired) electrons. The first-order chi connectivity index (χ1) is 11.7. The molecular formula is C20H16INOS. The molecule has 3 aromatic rings. The number of carbonyl (C=O) groups excluding carboxylic acids is 1. The third-order valence-corrected chi connectivity index (χ3v) is 5.68. The molecule has 1 amide bonds. The van der Waals surface area contributed by atoms with Gasteiger partial charge in [0.05, 0.1) is 5.69 Å². The summed E-state index contributed by atoms with van der Waals surface area (Å²) >= 11 is 3.79. The molecule has 0 bridgehead atoms. The molecule has 0 spiro atoms. The molecule has 2 nitrogen and oxygen atoms in total. The van der Waals surface area contributed by atoms with Gasteiger partial charge in [0.25, 0.3) is 0 Å². The Morgan fingerprint density at radius 2 is 1.42 bits per heavy atom. The molecule has 0 saturated carbocycles. The first kappa shape index (κ1) is 17.0. The van der Waals surface area contributed by atoms with Crippen molar-refractivity contribution in [3.05, 3.63) is 94.1 Å². The molecule has 0 saturated heterocycles. The van der Waals surface area contributed by atoms with Crippen LogP contribution in [0.4, 0.5) is 5.69 Å². The lowest BCUT2D eigenvalue weighted by molar-refractivity contribution is -0.115. The van der Waals surface area contributed by atoms with Crippen molar-refractivity contribution in [1.29, 1.82) is 0 Å². The second kappa shape index (κ2) is 8.35. The summed E-state index contributed by atoms with van der Waals surface area (Å²) < 4.78 is 1.03. The number of carbonyl (C=O) groups is 1. The van der Waals surface area contributed by atoms with Gasteiger partial charge in [-0.3, -0.25) is 4.79 Å². The average Bonchev–Trinajstić information content (AvgIpc) is 2.63. The maximum Gasteiger partial charge on any atom is 0.242 e. The van der Waals surface area contributed by atoms with Gasteiger partial charge in [0, 0.05) is 8.47 Å². The van der Waals surface area contributed by atoms with Crippen molar-refractivity contribution in [1.82, 2.24) is 0 Å². The third-order valence-electron chi connectivity index (χ3n) is 3.47. The number of anilines is 1. The van der Waals surface area contributed by atoms with Gasteiger partial charge in [-0.05, 0) is 52.4 Å². The molecule has 4 heteroatoms. The predicted octanol–water partition coefficient (Wildman–Crippen LogP) is 5.76. The second-order valence-electron chi connectivity index (χ2n) is 5.19. The Morgan fingerprint density at radius 1 is 0.833 bits per heavy atom. The second-order valence-corrected chi connectivity index (χ2v) is 7.53. The predicted molar refractivity (Wildman–Crippen MR) is 109 cm³/mol. The van der Waals surface area contributed by atoms with E-state index in [1.165, 1.54) is 0 Å². The van der Waals surface area contributed by atoms with Crippen LogP contribution in [0, 0.1) is 3.57 Å². The average molecular weight is 445 g/mol. The molecular weight excluding hydrogens is 429 g/mol. The number of hydrogen-bond donors (Lipinski definition) is 1. The van der Waals surface area contributed by atoms with Gasteiger partial charge >= 0.3 is 0 Å². The summed E-state index contributed by atoms with van der Waals surface area (Å²) in [5.41, 5.74) is 1.84. The molecule has 1 unspecified atom stereocenters. The number of nitrogens with one attached hydrogen (secondary N) is 1. The van der Waals surface area contributed by atoms with E-state index in [0.29, 0.717) is 0 Å². The van der Waals surface area contributed by atoms with E-state index in [-0.39, 0.29) is 11.2 Å². The highest BCUT2D eigenvalue weighted by Gasteiger charge is 2.22. The zero-order valence-electron chi connectivity index (χ0n) is 12.9. The summed E-state index contributed by atoms with van der Waals surface area (Å²) in [4.78, 5) is 14.0. The maximum atomic E-state index is 12.9. The highest BCUT2D eigenvalue weighted by atomic mass is 127. The van der Waals surface area contributed by atoms with Crippen molar-refractivity contribution in [3.63, 3.8) is 0 Å². The van der Waals surface area contributed by atoms with Crippen LogP contribution in [-0.2, 0) is 4.79 Å². The van der Waals surface area contributed by atoms with Crippen molar-refractivity contribution in [2.24, 2.45) is 0 Å². The minimum absolute atomic E-state index is 0.0147. The van der Waals surface area contributed by atoms with E-state index < -0.39 is 0 Å². The Morgan fingerprint density at radius 3 is 2.08 bits per heavy atom. The lowest BCUT2D eigenvalue weighted by atomic mass is 10.1. The van der Waals surface area contributed by atoms with Crippen LogP contribution in [-0.4, -0.2) is 5.91 Å². The normalized spacial score (nSPS) is 11.7. The zero-order chi connectivity index (χ0) is 16.8. The summed E-state index contributed by atoms with van der Waals surface area (Å²) in [7, 11) is 0. The topological polar surface area (TPSA) is 29.1 Å². The fourth-order valence-electron chi connectivity index (χ4n) is 2.30. The molecule has 0 aliphatic heterocycles. The standard InChI is InChI=1S/C20H16INOS/c21-17-13-7-8-14-18(17)22-20(23)19(15-9-3-1-4-10-15)24-16-11-5-2-6-12-16/h1-14,19H,(H,22,23). The highest BCUT2D eigenvalue weighted by Crippen LogP contribution is 2.36. The van der Waals surface area contributed by atoms with Crippen LogP contribution in [0.5, 0.6) is 0 Å². The van der Waals surface area contributed by atoms with E-state index in [4.69, 9.17) is 0 Å². The van der Waals surface area contributed by atoms with Crippen molar-refractivity contribution < 1.29 is 4.79 Å². The van der Waals surface area contributed by atoms with Gasteiger partial charge in [-0.15, -0.1) is 11.8 Å². The zero-order valence-corrected chi connectivity index (χ0v) is 15.8. The number of rotatable bonds is 5. The molecule has 0 fully saturated rings. The van der Waals surface area contributed by atoms with Crippen LogP contribution in [0.15, 0.2) is 89.8 Å². The smallest absolute Gasteiger partial charge is 0.242 e. The van der Waals surface area contributed by atoms with Crippen LogP contribution < -0.4 is 5.32 Å². The lowest BCUT2D eigenvalue weighted by Gasteiger charge is -2.17. The number of amides is 1. The number of hydrogen-bond acceptors (Lipinski definition) is 2. The minimum Gasteiger partial charge on any atom is -0.324 e. The Balaban J connectivity index is 1.87. The van der Waals surface area contributed by atoms with Gasteiger partial charge < -0.3 is 5.32 Å². The molecule has 24 heavy (non-hydrogen) atoms. The molecule has 0 aliphatic rings. The molecule has 1 atom stereocenters. The van der Waals surface area contributed by atoms with Crippen molar-refractivity contribution >= 4 is 45.9 Å². The maximum absolute atomic E-state index is 12.9. The van der Waals surface area contributed by atoms with Crippen molar-refractivity contribution in [2.45, 2.75) is 10.1 Å². The van der Waals surface area contributed by atoms with Gasteiger partial charge in [-0.25, -0.2) is 0 Å². The van der Waals surface area contributed by atoms with Crippen LogP contribution >= 0.6 is 34.4 Å². The number of halogens is 1. The molecule has 0 aliphatic carbocycles. The quantitative estimate of drug-likeness (QED) is 0.400. The van der Waals surface area contributed by atoms with Crippen molar-refractivity contribution in [3.8, 4) is 0 Å². The Labute approximate surface area is 159 Å². The molecule has 120 valence electrons. The summed E-state index contributed by atoms with van der Waals surface area (Å²) in [5, 5.41) is 2.76. The van der Waals surface area contributed by atoms with Crippen LogP contribution in [0.25, 0.3) is 0 Å². The summed E-state index contributed by atoms with van der Waals surface area (Å²) in [6, 6.07) is 27.7. The molecule has 0 aromatic heterocycles. The van der Waals surface area contributed by atoms with E-state index >= 15 is 0 Å².